The van der Waals surface area contributed by atoms with Gasteiger partial charge in [0.1, 0.15) is 0 Å². The Labute approximate surface area is 212 Å². The van der Waals surface area contributed by atoms with Gasteiger partial charge in [-0.05, 0) is 0 Å². The van der Waals surface area contributed by atoms with Crippen LogP contribution in [0.5, 0.6) is 0 Å². The van der Waals surface area contributed by atoms with Gasteiger partial charge in [-0.3, -0.25) is 0 Å². The topological polar surface area (TPSA) is 18.5 Å². The average molecular weight is 594 g/mol. The monoisotopic (exact) mass is 594 g/mol. The minimum absolute atomic E-state index is 0.762. The Hall–Kier alpha value is -2.83. The second kappa shape index (κ2) is 8.58. The Morgan fingerprint density at radius 2 is 0.590 bits per heavy atom. The normalized spacial score (nSPS) is 21.6. The zero-order valence-corrected chi connectivity index (χ0v) is 19.9. The second-order valence-corrected chi connectivity index (χ2v) is 12.3. The molecule has 1 fully saturated rings. The van der Waals surface area contributed by atoms with Crippen LogP contribution in [0.2, 0.25) is 0 Å². The summed E-state index contributed by atoms with van der Waals surface area (Å²) in [7, 11) is -6.94. The van der Waals surface area contributed by atoms with Crippen LogP contribution in [0.15, 0.2) is 91.0 Å². The van der Waals surface area contributed by atoms with Gasteiger partial charge in [0.2, 0.25) is 0 Å². The summed E-state index contributed by atoms with van der Waals surface area (Å²) >= 11 is 0. The number of hydrogen-bond donors (Lipinski definition) is 0. The summed E-state index contributed by atoms with van der Waals surface area (Å²) in [6.45, 7) is 0. The standard InChI is InChI=1S/C24H15F12O2P/c25-21(26,27)19(22(28,29)30)20(23(31,32)33,24(34,35)36)38-39(37-19,16-10-4-1-5-11-16,17-12-6-2-7-13-17)18-14-8-3-9-15-18/h1-15H. The van der Waals surface area contributed by atoms with Gasteiger partial charge in [0.15, 0.2) is 0 Å². The van der Waals surface area contributed by atoms with Crippen molar-refractivity contribution < 1.29 is 61.7 Å². The first-order valence-corrected chi connectivity index (χ1v) is 12.8. The van der Waals surface area contributed by atoms with Crippen LogP contribution in [0.4, 0.5) is 52.7 Å². The van der Waals surface area contributed by atoms with E-state index in [1.54, 1.807) is 0 Å². The number of benzene rings is 3. The molecule has 2 nitrogen and oxygen atoms in total. The van der Waals surface area contributed by atoms with Crippen LogP contribution in [0.3, 0.4) is 0 Å². The average Bonchev–Trinajstić information content (AvgIpc) is 3.20. The Morgan fingerprint density at radius 3 is 0.769 bits per heavy atom. The predicted molar refractivity (Wildman–Crippen MR) is 117 cm³/mol. The summed E-state index contributed by atoms with van der Waals surface area (Å²) in [4.78, 5) is 0. The van der Waals surface area contributed by atoms with Crippen molar-refractivity contribution in [2.24, 2.45) is 0 Å². The van der Waals surface area contributed by atoms with Gasteiger partial charge < -0.3 is 0 Å². The van der Waals surface area contributed by atoms with E-state index in [2.05, 4.69) is 0 Å². The molecule has 0 aromatic heterocycles. The summed E-state index contributed by atoms with van der Waals surface area (Å²) in [5, 5.41) is -2.68. The zero-order chi connectivity index (χ0) is 29.2. The molecule has 0 bridgehead atoms. The van der Waals surface area contributed by atoms with Crippen LogP contribution in [0.1, 0.15) is 0 Å². The SMILES string of the molecule is FC(F)(F)C1(C(F)(F)F)OP(c2ccccc2)(c2ccccc2)(c2ccccc2)OC1(C(F)(F)F)C(F)(F)F. The molecule has 39 heavy (non-hydrogen) atoms. The van der Waals surface area contributed by atoms with E-state index in [1.165, 1.54) is 18.2 Å². The van der Waals surface area contributed by atoms with Crippen LogP contribution in [0.25, 0.3) is 0 Å². The van der Waals surface area contributed by atoms with Crippen molar-refractivity contribution in [2.45, 2.75) is 35.9 Å². The van der Waals surface area contributed by atoms with Gasteiger partial charge in [-0.2, -0.15) is 0 Å². The summed E-state index contributed by atoms with van der Waals surface area (Å²) in [6, 6.07) is 14.2. The molecule has 0 N–H and O–H groups in total. The molecule has 212 valence electrons. The van der Waals surface area contributed by atoms with Gasteiger partial charge in [-0.25, -0.2) is 0 Å². The molecule has 0 radical (unpaired) electrons. The van der Waals surface area contributed by atoms with Gasteiger partial charge in [-0.1, -0.05) is 0 Å². The van der Waals surface area contributed by atoms with E-state index in [9.17, 15) is 52.7 Å². The van der Waals surface area contributed by atoms with Crippen LogP contribution in [0, 0.1) is 0 Å². The van der Waals surface area contributed by atoms with Gasteiger partial charge in [0, 0.05) is 0 Å². The Bertz CT molecular complexity index is 1150. The van der Waals surface area contributed by atoms with Crippen molar-refractivity contribution in [3.63, 3.8) is 0 Å². The molecule has 15 heteroatoms. The van der Waals surface area contributed by atoms with E-state index in [-0.39, 0.29) is 0 Å². The quantitative estimate of drug-likeness (QED) is 0.238. The van der Waals surface area contributed by atoms with Gasteiger partial charge in [0.25, 0.3) is 0 Å². The summed E-state index contributed by atoms with van der Waals surface area (Å²) < 4.78 is 185. The van der Waals surface area contributed by atoms with E-state index in [0.717, 1.165) is 72.8 Å². The molecular weight excluding hydrogens is 579 g/mol. The van der Waals surface area contributed by atoms with Crippen molar-refractivity contribution in [3.8, 4) is 0 Å². The molecule has 3 aromatic rings. The van der Waals surface area contributed by atoms with Gasteiger partial charge in [0.05, 0.1) is 0 Å². The molecule has 4 rings (SSSR count). The molecule has 1 heterocycles. The molecule has 1 aliphatic heterocycles. The molecule has 3 aromatic carbocycles. The van der Waals surface area contributed by atoms with Crippen molar-refractivity contribution >= 4 is 23.0 Å². The second-order valence-electron chi connectivity index (χ2n) is 8.50. The first-order chi connectivity index (χ1) is 17.8. The first kappa shape index (κ1) is 29.2. The molecule has 0 amide bonds. The Balaban J connectivity index is 2.43. The summed E-state index contributed by atoms with van der Waals surface area (Å²) in [6.07, 6.45) is -29.4. The summed E-state index contributed by atoms with van der Waals surface area (Å²) in [5.74, 6) is 0. The molecule has 0 saturated carbocycles. The van der Waals surface area contributed by atoms with Crippen molar-refractivity contribution in [1.29, 1.82) is 0 Å². The van der Waals surface area contributed by atoms with Crippen molar-refractivity contribution in [1.82, 2.24) is 0 Å². The first-order valence-electron chi connectivity index (χ1n) is 10.7. The number of halogens is 12. The maximum atomic E-state index is 14.6. The minimum atomic E-state index is -7.35. The molecule has 0 spiro atoms. The fraction of sp³-hybridized carbons (Fsp3) is 0.250. The molecular formula is C24H15F12O2P. The Kier molecular flexibility index (Phi) is 6.42. The van der Waals surface area contributed by atoms with Gasteiger partial charge in [-0.15, -0.1) is 0 Å². The van der Waals surface area contributed by atoms with Crippen LogP contribution in [-0.4, -0.2) is 35.9 Å². The number of rotatable bonds is 3. The third kappa shape index (κ3) is 3.57. The van der Waals surface area contributed by atoms with E-state index in [4.69, 9.17) is 9.05 Å². The molecule has 0 aliphatic carbocycles. The predicted octanol–water partition coefficient (Wildman–Crippen LogP) is 7.12. The third-order valence-corrected chi connectivity index (χ3v) is 11.3. The molecule has 1 aliphatic rings. The van der Waals surface area contributed by atoms with Crippen LogP contribution in [-0.2, 0) is 9.05 Å². The molecule has 0 atom stereocenters. The van der Waals surface area contributed by atoms with E-state index in [0.29, 0.717) is 0 Å². The fourth-order valence-electron chi connectivity index (χ4n) is 4.86. The van der Waals surface area contributed by atoms with Crippen molar-refractivity contribution in [2.75, 3.05) is 0 Å². The molecule has 1 saturated heterocycles. The van der Waals surface area contributed by atoms with Crippen molar-refractivity contribution in [3.05, 3.63) is 91.0 Å². The van der Waals surface area contributed by atoms with Crippen LogP contribution < -0.4 is 15.9 Å². The zero-order valence-electron chi connectivity index (χ0n) is 19.0. The third-order valence-electron chi connectivity index (χ3n) is 6.39. The molecule has 0 unspecified atom stereocenters. The van der Waals surface area contributed by atoms with Crippen LogP contribution >= 0.6 is 7.06 Å². The fourth-order valence-corrected chi connectivity index (χ4v) is 10.3. The van der Waals surface area contributed by atoms with E-state index >= 15 is 0 Å². The van der Waals surface area contributed by atoms with Gasteiger partial charge >= 0.3 is 212 Å². The summed E-state index contributed by atoms with van der Waals surface area (Å²) in [5.41, 5.74) is -13.9. The number of hydrogen-bond acceptors (Lipinski definition) is 2. The Morgan fingerprint density at radius 1 is 0.385 bits per heavy atom. The van der Waals surface area contributed by atoms with E-state index < -0.39 is 58.9 Å². The maximum absolute atomic E-state index is 14.6. The number of alkyl halides is 12. The van der Waals surface area contributed by atoms with E-state index in [1.807, 2.05) is 0 Å².